The van der Waals surface area contributed by atoms with Gasteiger partial charge in [0.1, 0.15) is 0 Å². The van der Waals surface area contributed by atoms with Gasteiger partial charge in [0, 0.05) is 24.6 Å². The van der Waals surface area contributed by atoms with Gasteiger partial charge >= 0.3 is 0 Å². The minimum Gasteiger partial charge on any atom is -0.396 e. The van der Waals surface area contributed by atoms with Crippen LogP contribution < -0.4 is 0 Å². The molecule has 0 bridgehead atoms. The highest BCUT2D eigenvalue weighted by Crippen LogP contribution is 2.31. The van der Waals surface area contributed by atoms with Crippen LogP contribution in [0.3, 0.4) is 0 Å². The molecule has 0 spiro atoms. The van der Waals surface area contributed by atoms with E-state index in [1.54, 1.807) is 0 Å². The second-order valence-electron chi connectivity index (χ2n) is 5.28. The van der Waals surface area contributed by atoms with Gasteiger partial charge in [-0.05, 0) is 39.2 Å². The van der Waals surface area contributed by atoms with Crippen molar-refractivity contribution in [1.82, 2.24) is 4.90 Å². The van der Waals surface area contributed by atoms with Gasteiger partial charge in [0.25, 0.3) is 0 Å². The van der Waals surface area contributed by atoms with E-state index >= 15 is 0 Å². The van der Waals surface area contributed by atoms with Crippen LogP contribution in [0.4, 0.5) is 0 Å². The zero-order valence-electron chi connectivity index (χ0n) is 9.74. The molecule has 3 nitrogen and oxygen atoms in total. The van der Waals surface area contributed by atoms with Crippen LogP contribution in [-0.2, 0) is 4.74 Å². The van der Waals surface area contributed by atoms with E-state index in [2.05, 4.69) is 11.8 Å². The van der Waals surface area contributed by atoms with Crippen LogP contribution in [0.2, 0.25) is 0 Å². The number of hydrogen-bond acceptors (Lipinski definition) is 3. The first-order chi connectivity index (χ1) is 7.26. The summed E-state index contributed by atoms with van der Waals surface area (Å²) >= 11 is 0. The molecular weight excluding hydrogens is 190 g/mol. The summed E-state index contributed by atoms with van der Waals surface area (Å²) in [6, 6.07) is 0.690. The standard InChI is InChI=1S/C12H23NO2/c1-11-4-2-6-13(11)8-12(9-14)5-3-7-15-10-12/h11,14H,2-10H2,1H3. The summed E-state index contributed by atoms with van der Waals surface area (Å²) in [6.07, 6.45) is 4.83. The smallest absolute Gasteiger partial charge is 0.0556 e. The summed E-state index contributed by atoms with van der Waals surface area (Å²) < 4.78 is 5.54. The van der Waals surface area contributed by atoms with Crippen molar-refractivity contribution < 1.29 is 9.84 Å². The molecule has 3 heteroatoms. The summed E-state index contributed by atoms with van der Waals surface area (Å²) in [4.78, 5) is 2.52. The van der Waals surface area contributed by atoms with Crippen LogP contribution in [0.5, 0.6) is 0 Å². The maximum absolute atomic E-state index is 9.58. The SMILES string of the molecule is CC1CCCN1CC1(CO)CCCOC1. The van der Waals surface area contributed by atoms with E-state index in [9.17, 15) is 5.11 Å². The molecule has 2 aliphatic rings. The minimum atomic E-state index is 0.0247. The highest BCUT2D eigenvalue weighted by Gasteiger charge is 2.36. The number of aliphatic hydroxyl groups is 1. The van der Waals surface area contributed by atoms with E-state index in [4.69, 9.17) is 4.74 Å². The van der Waals surface area contributed by atoms with Gasteiger partial charge < -0.3 is 9.84 Å². The number of ether oxygens (including phenoxy) is 1. The fourth-order valence-corrected chi connectivity index (χ4v) is 2.87. The third kappa shape index (κ3) is 2.52. The van der Waals surface area contributed by atoms with E-state index in [1.807, 2.05) is 0 Å². The van der Waals surface area contributed by atoms with E-state index in [0.717, 1.165) is 32.6 Å². The molecule has 2 heterocycles. The van der Waals surface area contributed by atoms with Crippen LogP contribution in [-0.4, -0.2) is 49.0 Å². The molecule has 1 N–H and O–H groups in total. The molecule has 15 heavy (non-hydrogen) atoms. The number of hydrogen-bond donors (Lipinski definition) is 1. The molecule has 2 fully saturated rings. The average Bonchev–Trinajstić information content (AvgIpc) is 2.66. The number of aliphatic hydroxyl groups excluding tert-OH is 1. The first-order valence-electron chi connectivity index (χ1n) is 6.18. The van der Waals surface area contributed by atoms with Crippen molar-refractivity contribution >= 4 is 0 Å². The summed E-state index contributed by atoms with van der Waals surface area (Å²) in [6.45, 7) is 6.40. The number of likely N-dealkylation sites (tertiary alicyclic amines) is 1. The Morgan fingerprint density at radius 3 is 2.87 bits per heavy atom. The van der Waals surface area contributed by atoms with Gasteiger partial charge in [-0.2, -0.15) is 0 Å². The molecule has 0 saturated carbocycles. The third-order valence-electron chi connectivity index (χ3n) is 3.97. The molecule has 0 aromatic rings. The van der Waals surface area contributed by atoms with Crippen molar-refractivity contribution in [3.8, 4) is 0 Å². The minimum absolute atomic E-state index is 0.0247. The molecule has 0 aliphatic carbocycles. The van der Waals surface area contributed by atoms with E-state index in [1.165, 1.54) is 19.4 Å². The fraction of sp³-hybridized carbons (Fsp3) is 1.00. The molecule has 2 rings (SSSR count). The summed E-state index contributed by atoms with van der Waals surface area (Å²) in [5.74, 6) is 0. The van der Waals surface area contributed by atoms with E-state index in [-0.39, 0.29) is 12.0 Å². The molecule has 0 radical (unpaired) electrons. The van der Waals surface area contributed by atoms with Crippen molar-refractivity contribution in [1.29, 1.82) is 0 Å². The van der Waals surface area contributed by atoms with Crippen LogP contribution in [0, 0.1) is 5.41 Å². The lowest BCUT2D eigenvalue weighted by Crippen LogP contribution is -2.46. The van der Waals surface area contributed by atoms with Gasteiger partial charge in [-0.15, -0.1) is 0 Å². The van der Waals surface area contributed by atoms with Gasteiger partial charge in [-0.3, -0.25) is 4.90 Å². The lowest BCUT2D eigenvalue weighted by molar-refractivity contribution is -0.0561. The van der Waals surface area contributed by atoms with Crippen molar-refractivity contribution in [2.45, 2.75) is 38.6 Å². The predicted molar refractivity (Wildman–Crippen MR) is 59.8 cm³/mol. The van der Waals surface area contributed by atoms with Crippen molar-refractivity contribution in [3.05, 3.63) is 0 Å². The second kappa shape index (κ2) is 4.81. The van der Waals surface area contributed by atoms with Crippen LogP contribution in [0.25, 0.3) is 0 Å². The first-order valence-corrected chi connectivity index (χ1v) is 6.18. The topological polar surface area (TPSA) is 32.7 Å². The normalized spacial score (nSPS) is 38.4. The molecule has 2 aliphatic heterocycles. The quantitative estimate of drug-likeness (QED) is 0.766. The van der Waals surface area contributed by atoms with Crippen molar-refractivity contribution in [2.75, 3.05) is 32.9 Å². The Labute approximate surface area is 92.4 Å². The van der Waals surface area contributed by atoms with Gasteiger partial charge in [0.05, 0.1) is 13.2 Å². The Morgan fingerprint density at radius 1 is 1.47 bits per heavy atom. The van der Waals surface area contributed by atoms with E-state index in [0.29, 0.717) is 6.04 Å². The van der Waals surface area contributed by atoms with E-state index < -0.39 is 0 Å². The first kappa shape index (κ1) is 11.4. The predicted octanol–water partition coefficient (Wildman–Crippen LogP) is 1.26. The molecule has 0 aromatic heterocycles. The zero-order chi connectivity index (χ0) is 10.7. The molecule has 0 amide bonds. The van der Waals surface area contributed by atoms with Crippen molar-refractivity contribution in [2.24, 2.45) is 5.41 Å². The van der Waals surface area contributed by atoms with Crippen molar-refractivity contribution in [3.63, 3.8) is 0 Å². The average molecular weight is 213 g/mol. The van der Waals surface area contributed by atoms with Gasteiger partial charge in [-0.25, -0.2) is 0 Å². The van der Waals surface area contributed by atoms with Gasteiger partial charge in [0.2, 0.25) is 0 Å². The summed E-state index contributed by atoms with van der Waals surface area (Å²) in [7, 11) is 0. The van der Waals surface area contributed by atoms with Crippen LogP contribution in [0.1, 0.15) is 32.6 Å². The Morgan fingerprint density at radius 2 is 2.33 bits per heavy atom. The number of nitrogens with zero attached hydrogens (tertiary/aromatic N) is 1. The Bertz CT molecular complexity index is 202. The highest BCUT2D eigenvalue weighted by molar-refractivity contribution is 4.88. The molecule has 88 valence electrons. The molecule has 2 saturated heterocycles. The maximum Gasteiger partial charge on any atom is 0.0556 e. The molecule has 0 aromatic carbocycles. The Kier molecular flexibility index (Phi) is 3.65. The van der Waals surface area contributed by atoms with Crippen LogP contribution in [0.15, 0.2) is 0 Å². The summed E-state index contributed by atoms with van der Waals surface area (Å²) in [5, 5.41) is 9.58. The molecular formula is C12H23NO2. The summed E-state index contributed by atoms with van der Waals surface area (Å²) in [5.41, 5.74) is 0.0247. The molecule has 2 unspecified atom stereocenters. The monoisotopic (exact) mass is 213 g/mol. The largest absolute Gasteiger partial charge is 0.396 e. The van der Waals surface area contributed by atoms with Gasteiger partial charge in [0.15, 0.2) is 0 Å². The van der Waals surface area contributed by atoms with Gasteiger partial charge in [-0.1, -0.05) is 0 Å². The Hall–Kier alpha value is -0.120. The van der Waals surface area contributed by atoms with Crippen LogP contribution >= 0.6 is 0 Å². The number of rotatable bonds is 3. The zero-order valence-corrected chi connectivity index (χ0v) is 9.74. The fourth-order valence-electron chi connectivity index (χ4n) is 2.87. The Balaban J connectivity index is 1.94. The highest BCUT2D eigenvalue weighted by atomic mass is 16.5. The molecule has 2 atom stereocenters. The third-order valence-corrected chi connectivity index (χ3v) is 3.97. The lowest BCUT2D eigenvalue weighted by Gasteiger charge is -2.39. The lowest BCUT2D eigenvalue weighted by atomic mass is 9.82. The maximum atomic E-state index is 9.58. The second-order valence-corrected chi connectivity index (χ2v) is 5.28.